The van der Waals surface area contributed by atoms with E-state index >= 15 is 0 Å². The maximum Gasteiger partial charge on any atom is 0.362 e. The Labute approximate surface area is 144 Å². The Kier molecular flexibility index (Phi) is 4.55. The topological polar surface area (TPSA) is 70.9 Å². The Morgan fingerprint density at radius 3 is 2.71 bits per heavy atom. The molecule has 0 aromatic heterocycles. The summed E-state index contributed by atoms with van der Waals surface area (Å²) in [4.78, 5) is 16.9. The van der Waals surface area contributed by atoms with E-state index in [1.165, 1.54) is 0 Å². The van der Waals surface area contributed by atoms with Gasteiger partial charge in [-0.05, 0) is 24.6 Å². The van der Waals surface area contributed by atoms with Gasteiger partial charge in [0.25, 0.3) is 5.72 Å². The van der Waals surface area contributed by atoms with Crippen LogP contribution >= 0.6 is 11.6 Å². The third-order valence-corrected chi connectivity index (χ3v) is 4.00. The molecular weight excluding hydrogens is 328 g/mol. The molecule has 0 spiro atoms. The number of benzene rings is 2. The lowest BCUT2D eigenvalue weighted by Crippen LogP contribution is -2.54. The summed E-state index contributed by atoms with van der Waals surface area (Å²) in [6, 6.07) is 15.3. The van der Waals surface area contributed by atoms with Gasteiger partial charge < -0.3 is 15.2 Å². The molecule has 124 valence electrons. The molecule has 5 nitrogen and oxygen atoms in total. The highest BCUT2D eigenvalue weighted by Gasteiger charge is 2.51. The van der Waals surface area contributed by atoms with Gasteiger partial charge in [0, 0.05) is 10.6 Å². The van der Waals surface area contributed by atoms with E-state index in [0.717, 1.165) is 5.56 Å². The van der Waals surface area contributed by atoms with Gasteiger partial charge in [0.05, 0.1) is 6.61 Å². The quantitative estimate of drug-likeness (QED) is 0.837. The Hall–Kier alpha value is -2.37. The first-order valence-electron chi connectivity index (χ1n) is 7.61. The van der Waals surface area contributed by atoms with E-state index in [1.54, 1.807) is 31.2 Å². The van der Waals surface area contributed by atoms with Gasteiger partial charge in [-0.15, -0.1) is 0 Å². The average molecular weight is 345 g/mol. The summed E-state index contributed by atoms with van der Waals surface area (Å²) in [7, 11) is 0. The number of hydrogen-bond donors (Lipinski definition) is 2. The number of amidine groups is 1. The van der Waals surface area contributed by atoms with Crippen LogP contribution in [-0.2, 0) is 9.53 Å². The summed E-state index contributed by atoms with van der Waals surface area (Å²) in [5, 5.41) is 14.3. The highest BCUT2D eigenvalue weighted by Crippen LogP contribution is 2.35. The van der Waals surface area contributed by atoms with Crippen LogP contribution in [0.3, 0.4) is 0 Å². The van der Waals surface area contributed by atoms with Crippen LogP contribution in [0, 0.1) is 0 Å². The summed E-state index contributed by atoms with van der Waals surface area (Å²) in [5.41, 5.74) is -0.590. The van der Waals surface area contributed by atoms with Crippen molar-refractivity contribution < 1.29 is 14.6 Å². The van der Waals surface area contributed by atoms with Crippen molar-refractivity contribution in [2.45, 2.75) is 18.7 Å². The third kappa shape index (κ3) is 3.00. The van der Waals surface area contributed by atoms with Crippen LogP contribution in [0.4, 0.5) is 0 Å². The van der Waals surface area contributed by atoms with E-state index in [2.05, 4.69) is 10.3 Å². The molecule has 0 aliphatic carbocycles. The van der Waals surface area contributed by atoms with Gasteiger partial charge in [-0.1, -0.05) is 54.1 Å². The van der Waals surface area contributed by atoms with Gasteiger partial charge in [0.15, 0.2) is 0 Å². The molecule has 0 fully saturated rings. The fourth-order valence-electron chi connectivity index (χ4n) is 2.64. The largest absolute Gasteiger partial charge is 0.462 e. The molecule has 2 aromatic rings. The maximum absolute atomic E-state index is 12.4. The summed E-state index contributed by atoms with van der Waals surface area (Å²) < 4.78 is 5.04. The number of carbonyl (C=O) groups is 1. The van der Waals surface area contributed by atoms with Crippen LogP contribution in [0.5, 0.6) is 0 Å². The van der Waals surface area contributed by atoms with Crippen molar-refractivity contribution in [3.05, 3.63) is 70.7 Å². The summed E-state index contributed by atoms with van der Waals surface area (Å²) >= 11 is 6.04. The first kappa shape index (κ1) is 16.5. The number of hydrogen-bond acceptors (Lipinski definition) is 5. The minimum Gasteiger partial charge on any atom is -0.462 e. The van der Waals surface area contributed by atoms with E-state index in [4.69, 9.17) is 16.3 Å². The van der Waals surface area contributed by atoms with Crippen molar-refractivity contribution in [3.63, 3.8) is 0 Å². The van der Waals surface area contributed by atoms with Crippen molar-refractivity contribution in [2.24, 2.45) is 4.99 Å². The molecule has 24 heavy (non-hydrogen) atoms. The molecule has 0 bridgehead atoms. The summed E-state index contributed by atoms with van der Waals surface area (Å²) in [6.45, 7) is 1.84. The van der Waals surface area contributed by atoms with Crippen molar-refractivity contribution in [2.75, 3.05) is 6.61 Å². The second-order valence-electron chi connectivity index (χ2n) is 5.41. The van der Waals surface area contributed by atoms with Gasteiger partial charge in [0.1, 0.15) is 11.9 Å². The predicted octanol–water partition coefficient (Wildman–Crippen LogP) is 2.68. The van der Waals surface area contributed by atoms with Crippen molar-refractivity contribution >= 4 is 23.4 Å². The van der Waals surface area contributed by atoms with Crippen LogP contribution in [0.2, 0.25) is 5.02 Å². The second-order valence-corrected chi connectivity index (χ2v) is 5.85. The molecule has 0 saturated carbocycles. The Balaban J connectivity index is 2.05. The highest BCUT2D eigenvalue weighted by molar-refractivity contribution is 6.30. The number of aliphatic hydroxyl groups is 1. The van der Waals surface area contributed by atoms with Gasteiger partial charge in [0.2, 0.25) is 0 Å². The molecule has 1 aliphatic heterocycles. The van der Waals surface area contributed by atoms with Gasteiger partial charge >= 0.3 is 5.97 Å². The SMILES string of the molecule is CCOC(=O)C1(O)NC(c2ccccc2)=NC1c1cccc(Cl)c1. The molecule has 0 amide bonds. The smallest absolute Gasteiger partial charge is 0.362 e. The predicted molar refractivity (Wildman–Crippen MR) is 91.9 cm³/mol. The number of ether oxygens (including phenoxy) is 1. The number of esters is 1. The molecule has 1 aliphatic rings. The lowest BCUT2D eigenvalue weighted by Gasteiger charge is -2.27. The molecule has 3 rings (SSSR count). The normalized spacial score (nSPS) is 22.6. The van der Waals surface area contributed by atoms with Crippen molar-refractivity contribution in [1.82, 2.24) is 5.32 Å². The maximum atomic E-state index is 12.4. The fourth-order valence-corrected chi connectivity index (χ4v) is 2.84. The molecule has 6 heteroatoms. The molecule has 0 saturated heterocycles. The lowest BCUT2D eigenvalue weighted by atomic mass is 9.97. The zero-order valence-electron chi connectivity index (χ0n) is 13.1. The zero-order chi connectivity index (χ0) is 17.2. The minimum atomic E-state index is -1.98. The van der Waals surface area contributed by atoms with Gasteiger partial charge in [-0.2, -0.15) is 0 Å². The Morgan fingerprint density at radius 1 is 1.29 bits per heavy atom. The van der Waals surface area contributed by atoms with Gasteiger partial charge in [-0.25, -0.2) is 4.79 Å². The number of halogens is 1. The number of aliphatic imine (C=N–C) groups is 1. The fraction of sp³-hybridized carbons (Fsp3) is 0.222. The first-order valence-corrected chi connectivity index (χ1v) is 7.99. The summed E-state index contributed by atoms with van der Waals surface area (Å²) in [6.07, 6.45) is 0. The molecular formula is C18H17ClN2O3. The zero-order valence-corrected chi connectivity index (χ0v) is 13.8. The van der Waals surface area contributed by atoms with E-state index in [9.17, 15) is 9.90 Å². The van der Waals surface area contributed by atoms with E-state index in [-0.39, 0.29) is 6.61 Å². The molecule has 1 heterocycles. The van der Waals surface area contributed by atoms with Gasteiger partial charge in [-0.3, -0.25) is 4.99 Å². The minimum absolute atomic E-state index is 0.158. The lowest BCUT2D eigenvalue weighted by molar-refractivity contribution is -0.168. The molecule has 2 aromatic carbocycles. The molecule has 2 N–H and O–H groups in total. The van der Waals surface area contributed by atoms with E-state index in [0.29, 0.717) is 16.4 Å². The Bertz CT molecular complexity index is 779. The van der Waals surface area contributed by atoms with Crippen LogP contribution in [-0.4, -0.2) is 29.2 Å². The standard InChI is InChI=1S/C18H17ClN2O3/c1-2-24-17(22)18(23)15(13-9-6-10-14(19)11-13)20-16(21-18)12-7-4-3-5-8-12/h3-11,15,23H,2H2,1H3,(H,20,21). The summed E-state index contributed by atoms with van der Waals surface area (Å²) in [5.74, 6) is -0.346. The molecule has 2 unspecified atom stereocenters. The van der Waals surface area contributed by atoms with Crippen LogP contribution in [0.15, 0.2) is 59.6 Å². The van der Waals surface area contributed by atoms with Crippen molar-refractivity contribution in [3.8, 4) is 0 Å². The number of nitrogens with zero attached hydrogens (tertiary/aromatic N) is 1. The average Bonchev–Trinajstić information content (AvgIpc) is 2.95. The van der Waals surface area contributed by atoms with Crippen LogP contribution in [0.1, 0.15) is 24.1 Å². The van der Waals surface area contributed by atoms with E-state index < -0.39 is 17.7 Å². The first-order chi connectivity index (χ1) is 11.5. The van der Waals surface area contributed by atoms with Crippen molar-refractivity contribution in [1.29, 1.82) is 0 Å². The number of carbonyl (C=O) groups excluding carboxylic acids is 1. The van der Waals surface area contributed by atoms with Crippen LogP contribution < -0.4 is 5.32 Å². The molecule has 2 atom stereocenters. The van der Waals surface area contributed by atoms with E-state index in [1.807, 2.05) is 30.3 Å². The number of nitrogens with one attached hydrogen (secondary N) is 1. The second kappa shape index (κ2) is 6.63. The monoisotopic (exact) mass is 344 g/mol. The highest BCUT2D eigenvalue weighted by atomic mass is 35.5. The van der Waals surface area contributed by atoms with Crippen LogP contribution in [0.25, 0.3) is 0 Å². The molecule has 0 radical (unpaired) electrons. The third-order valence-electron chi connectivity index (χ3n) is 3.76. The Morgan fingerprint density at radius 2 is 2.04 bits per heavy atom. The number of rotatable bonds is 4.